The molecule has 4 heteroatoms. The first-order chi connectivity index (χ1) is 8.61. The van der Waals surface area contributed by atoms with Crippen LogP contribution in [0.5, 0.6) is 5.75 Å². The van der Waals surface area contributed by atoms with E-state index in [4.69, 9.17) is 0 Å². The molecule has 0 saturated heterocycles. The van der Waals surface area contributed by atoms with Crippen LogP contribution in [-0.2, 0) is 13.0 Å². The van der Waals surface area contributed by atoms with E-state index in [1.54, 1.807) is 22.9 Å². The number of aromatic nitrogens is 1. The maximum Gasteiger partial charge on any atom is 0.223 e. The Bertz CT molecular complexity index is 602. The molecule has 0 atom stereocenters. The second kappa shape index (κ2) is 5.04. The van der Waals surface area contributed by atoms with E-state index in [1.807, 2.05) is 6.92 Å². The molecular weight excluding hydrogens is 233 g/mol. The van der Waals surface area contributed by atoms with Crippen LogP contribution in [0.15, 0.2) is 41.3 Å². The Morgan fingerprint density at radius 1 is 1.22 bits per heavy atom. The molecule has 3 nitrogen and oxygen atoms in total. The molecule has 1 aromatic heterocycles. The molecule has 0 fully saturated rings. The zero-order valence-corrected chi connectivity index (χ0v) is 10.1. The van der Waals surface area contributed by atoms with E-state index in [0.717, 1.165) is 5.56 Å². The highest BCUT2D eigenvalue weighted by Gasteiger charge is 2.08. The Morgan fingerprint density at radius 2 is 1.89 bits per heavy atom. The van der Waals surface area contributed by atoms with E-state index in [1.165, 1.54) is 18.2 Å². The summed E-state index contributed by atoms with van der Waals surface area (Å²) in [6.07, 6.45) is 2.20. The number of pyridine rings is 1. The van der Waals surface area contributed by atoms with Crippen LogP contribution < -0.4 is 5.43 Å². The van der Waals surface area contributed by atoms with Crippen LogP contribution in [0.3, 0.4) is 0 Å². The van der Waals surface area contributed by atoms with Gasteiger partial charge in [0.2, 0.25) is 5.43 Å². The van der Waals surface area contributed by atoms with Crippen LogP contribution in [0.2, 0.25) is 0 Å². The van der Waals surface area contributed by atoms with E-state index in [-0.39, 0.29) is 17.0 Å². The number of hydrogen-bond acceptors (Lipinski definition) is 2. The summed E-state index contributed by atoms with van der Waals surface area (Å²) in [7, 11) is 0. The van der Waals surface area contributed by atoms with E-state index >= 15 is 0 Å². The molecule has 18 heavy (non-hydrogen) atoms. The molecule has 0 saturated carbocycles. The molecule has 2 rings (SSSR count). The lowest BCUT2D eigenvalue weighted by Gasteiger charge is -2.13. The van der Waals surface area contributed by atoms with E-state index in [2.05, 4.69) is 0 Å². The summed E-state index contributed by atoms with van der Waals surface area (Å²) in [5.74, 6) is -0.487. The first kappa shape index (κ1) is 12.4. The SMILES string of the molecule is CCc1c(O)c(=O)ccn1Cc1ccc(F)cc1. The van der Waals surface area contributed by atoms with Crippen molar-refractivity contribution in [1.82, 2.24) is 4.57 Å². The molecule has 94 valence electrons. The molecule has 0 aliphatic carbocycles. The lowest BCUT2D eigenvalue weighted by molar-refractivity contribution is 0.451. The molecule has 0 aliphatic heterocycles. The zero-order chi connectivity index (χ0) is 13.1. The quantitative estimate of drug-likeness (QED) is 0.904. The minimum absolute atomic E-state index is 0.206. The van der Waals surface area contributed by atoms with E-state index in [0.29, 0.717) is 18.7 Å². The third kappa shape index (κ3) is 2.42. The summed E-state index contributed by atoms with van der Waals surface area (Å²) < 4.78 is 14.6. The van der Waals surface area contributed by atoms with Gasteiger partial charge in [-0.25, -0.2) is 4.39 Å². The summed E-state index contributed by atoms with van der Waals surface area (Å²) in [6.45, 7) is 2.37. The normalized spacial score (nSPS) is 10.6. The summed E-state index contributed by atoms with van der Waals surface area (Å²) in [4.78, 5) is 11.3. The first-order valence-electron chi connectivity index (χ1n) is 5.77. The van der Waals surface area contributed by atoms with Crippen molar-refractivity contribution in [3.05, 3.63) is 63.8 Å². The standard InChI is InChI=1S/C14H14FNO2/c1-2-12-14(18)13(17)7-8-16(12)9-10-3-5-11(15)6-4-10/h3-8,18H,2,9H2,1H3. The van der Waals surface area contributed by atoms with Gasteiger partial charge >= 0.3 is 0 Å². The topological polar surface area (TPSA) is 42.2 Å². The van der Waals surface area contributed by atoms with Gasteiger partial charge in [-0.1, -0.05) is 19.1 Å². The predicted octanol–water partition coefficient (Wildman–Crippen LogP) is 2.30. The average Bonchev–Trinajstić information content (AvgIpc) is 2.37. The summed E-state index contributed by atoms with van der Waals surface area (Å²) in [5, 5.41) is 9.71. The van der Waals surface area contributed by atoms with E-state index < -0.39 is 0 Å². The Labute approximate surface area is 104 Å². The van der Waals surface area contributed by atoms with Crippen LogP contribution in [0, 0.1) is 5.82 Å². The first-order valence-corrected chi connectivity index (χ1v) is 5.77. The Morgan fingerprint density at radius 3 is 2.50 bits per heavy atom. The monoisotopic (exact) mass is 247 g/mol. The molecular formula is C14H14FNO2. The number of hydrogen-bond donors (Lipinski definition) is 1. The minimum atomic E-state index is -0.373. The third-order valence-corrected chi connectivity index (χ3v) is 2.86. The van der Waals surface area contributed by atoms with Crippen LogP contribution in [-0.4, -0.2) is 9.67 Å². The molecule has 1 heterocycles. The van der Waals surface area contributed by atoms with Gasteiger partial charge in [-0.05, 0) is 24.1 Å². The van der Waals surface area contributed by atoms with Crippen molar-refractivity contribution in [3.63, 3.8) is 0 Å². The van der Waals surface area contributed by atoms with Gasteiger partial charge in [0.25, 0.3) is 0 Å². The van der Waals surface area contributed by atoms with Gasteiger partial charge < -0.3 is 9.67 Å². The number of rotatable bonds is 3. The van der Waals surface area contributed by atoms with Crippen molar-refractivity contribution in [3.8, 4) is 5.75 Å². The minimum Gasteiger partial charge on any atom is -0.503 e. The Hall–Kier alpha value is -2.10. The van der Waals surface area contributed by atoms with Gasteiger partial charge in [-0.3, -0.25) is 4.79 Å². The Kier molecular flexibility index (Phi) is 3.46. The van der Waals surface area contributed by atoms with Crippen molar-refractivity contribution in [2.24, 2.45) is 0 Å². The molecule has 0 amide bonds. The molecule has 0 spiro atoms. The zero-order valence-electron chi connectivity index (χ0n) is 10.1. The lowest BCUT2D eigenvalue weighted by atomic mass is 10.2. The van der Waals surface area contributed by atoms with Gasteiger partial charge in [0.05, 0.1) is 5.69 Å². The molecule has 1 N–H and O–H groups in total. The van der Waals surface area contributed by atoms with Crippen LogP contribution >= 0.6 is 0 Å². The molecule has 0 unspecified atom stereocenters. The molecule has 0 aliphatic rings. The van der Waals surface area contributed by atoms with Crippen molar-refractivity contribution >= 4 is 0 Å². The largest absolute Gasteiger partial charge is 0.503 e. The van der Waals surface area contributed by atoms with Gasteiger partial charge in [0.15, 0.2) is 5.75 Å². The highest BCUT2D eigenvalue weighted by molar-refractivity contribution is 5.28. The molecule has 1 aromatic carbocycles. The maximum absolute atomic E-state index is 12.8. The number of aromatic hydroxyl groups is 1. The summed E-state index contributed by atoms with van der Waals surface area (Å²) in [5.41, 5.74) is 1.13. The van der Waals surface area contributed by atoms with Crippen molar-refractivity contribution in [2.45, 2.75) is 19.9 Å². The summed E-state index contributed by atoms with van der Waals surface area (Å²) >= 11 is 0. The highest BCUT2D eigenvalue weighted by Crippen LogP contribution is 2.14. The maximum atomic E-state index is 12.8. The second-order valence-corrected chi connectivity index (χ2v) is 4.08. The number of halogens is 1. The lowest BCUT2D eigenvalue weighted by Crippen LogP contribution is -2.12. The van der Waals surface area contributed by atoms with Gasteiger partial charge in [0, 0.05) is 18.8 Å². The van der Waals surface area contributed by atoms with Crippen molar-refractivity contribution in [1.29, 1.82) is 0 Å². The molecule has 2 aromatic rings. The van der Waals surface area contributed by atoms with E-state index in [9.17, 15) is 14.3 Å². The van der Waals surface area contributed by atoms with Gasteiger partial charge in [0.1, 0.15) is 5.82 Å². The van der Waals surface area contributed by atoms with Gasteiger partial charge in [-0.15, -0.1) is 0 Å². The fourth-order valence-electron chi connectivity index (χ4n) is 1.91. The van der Waals surface area contributed by atoms with Crippen molar-refractivity contribution < 1.29 is 9.50 Å². The summed E-state index contributed by atoms with van der Waals surface area (Å²) in [6, 6.07) is 7.48. The predicted molar refractivity (Wildman–Crippen MR) is 67.2 cm³/mol. The van der Waals surface area contributed by atoms with Crippen molar-refractivity contribution in [2.75, 3.05) is 0 Å². The van der Waals surface area contributed by atoms with Crippen LogP contribution in [0.25, 0.3) is 0 Å². The number of nitrogens with zero attached hydrogens (tertiary/aromatic N) is 1. The van der Waals surface area contributed by atoms with Crippen LogP contribution in [0.4, 0.5) is 4.39 Å². The Balaban J connectivity index is 2.37. The second-order valence-electron chi connectivity index (χ2n) is 4.08. The van der Waals surface area contributed by atoms with Crippen LogP contribution in [0.1, 0.15) is 18.2 Å². The highest BCUT2D eigenvalue weighted by atomic mass is 19.1. The molecule has 0 bridgehead atoms. The fourth-order valence-corrected chi connectivity index (χ4v) is 1.91. The fraction of sp³-hybridized carbons (Fsp3) is 0.214. The third-order valence-electron chi connectivity index (χ3n) is 2.86. The number of benzene rings is 1. The molecule has 0 radical (unpaired) electrons. The van der Waals surface area contributed by atoms with Gasteiger partial charge in [-0.2, -0.15) is 0 Å². The average molecular weight is 247 g/mol. The smallest absolute Gasteiger partial charge is 0.223 e.